The minimum atomic E-state index is -0.0237. The summed E-state index contributed by atoms with van der Waals surface area (Å²) in [6.07, 6.45) is 7.43. The van der Waals surface area contributed by atoms with Gasteiger partial charge in [0.15, 0.2) is 0 Å². The Kier molecular flexibility index (Phi) is 4.81. The highest BCUT2D eigenvalue weighted by Gasteiger charge is 2.39. The summed E-state index contributed by atoms with van der Waals surface area (Å²) in [5.41, 5.74) is 6.40. The van der Waals surface area contributed by atoms with Crippen molar-refractivity contribution in [3.63, 3.8) is 0 Å². The van der Waals surface area contributed by atoms with Gasteiger partial charge in [-0.2, -0.15) is 0 Å². The molecule has 1 saturated carbocycles. The highest BCUT2D eigenvalue weighted by Crippen LogP contribution is 2.42. The molecule has 1 fully saturated rings. The van der Waals surface area contributed by atoms with Crippen LogP contribution in [-0.4, -0.2) is 18.2 Å². The van der Waals surface area contributed by atoms with Gasteiger partial charge in [-0.25, -0.2) is 0 Å². The Morgan fingerprint density at radius 3 is 2.19 bits per heavy atom. The van der Waals surface area contributed by atoms with Crippen LogP contribution in [0, 0.1) is 5.41 Å². The van der Waals surface area contributed by atoms with Gasteiger partial charge in [0.05, 0.1) is 11.7 Å². The van der Waals surface area contributed by atoms with E-state index in [0.29, 0.717) is 18.1 Å². The average Bonchev–Trinajstić information content (AvgIpc) is 2.22. The number of rotatable bonds is 5. The first-order chi connectivity index (χ1) is 7.43. The van der Waals surface area contributed by atoms with E-state index in [9.17, 15) is 0 Å². The van der Waals surface area contributed by atoms with Gasteiger partial charge in [0.1, 0.15) is 0 Å². The molecule has 1 aliphatic rings. The molecule has 2 heteroatoms. The third-order valence-corrected chi connectivity index (χ3v) is 4.03. The molecule has 0 radical (unpaired) electrons. The van der Waals surface area contributed by atoms with Crippen molar-refractivity contribution < 1.29 is 4.74 Å². The van der Waals surface area contributed by atoms with Gasteiger partial charge in [-0.3, -0.25) is 0 Å². The molecule has 2 nitrogen and oxygen atoms in total. The zero-order valence-corrected chi connectivity index (χ0v) is 11.5. The first kappa shape index (κ1) is 14.0. The minimum Gasteiger partial charge on any atom is -0.371 e. The number of hydrogen-bond donors (Lipinski definition) is 1. The van der Waals surface area contributed by atoms with Crippen LogP contribution < -0.4 is 5.73 Å². The molecule has 0 aromatic heterocycles. The summed E-state index contributed by atoms with van der Waals surface area (Å²) in [5, 5.41) is 0. The Morgan fingerprint density at radius 1 is 1.19 bits per heavy atom. The molecule has 0 aromatic rings. The summed E-state index contributed by atoms with van der Waals surface area (Å²) in [6, 6.07) is 0. The maximum Gasteiger partial charge on any atom is 0.0808 e. The van der Waals surface area contributed by atoms with Crippen molar-refractivity contribution in [2.75, 3.05) is 6.54 Å². The molecular formula is C14H29NO. The summed E-state index contributed by atoms with van der Waals surface area (Å²) < 4.78 is 6.24. The fraction of sp³-hybridized carbons (Fsp3) is 1.00. The average molecular weight is 227 g/mol. The van der Waals surface area contributed by atoms with Crippen LogP contribution >= 0.6 is 0 Å². The van der Waals surface area contributed by atoms with Crippen molar-refractivity contribution in [3.05, 3.63) is 0 Å². The molecule has 0 saturated heterocycles. The van der Waals surface area contributed by atoms with Crippen LogP contribution in [0.15, 0.2) is 0 Å². The van der Waals surface area contributed by atoms with Gasteiger partial charge >= 0.3 is 0 Å². The van der Waals surface area contributed by atoms with Gasteiger partial charge in [0.2, 0.25) is 0 Å². The standard InChI is InChI=1S/C14H29NO/c1-5-6-12(2)16-14(11-15)9-7-13(3,4)8-10-14/h12H,5-11,15H2,1-4H3. The Hall–Kier alpha value is -0.0800. The zero-order chi connectivity index (χ0) is 12.2. The monoisotopic (exact) mass is 227 g/mol. The zero-order valence-electron chi connectivity index (χ0n) is 11.5. The van der Waals surface area contributed by atoms with E-state index in [2.05, 4.69) is 27.7 Å². The van der Waals surface area contributed by atoms with Crippen molar-refractivity contribution in [3.8, 4) is 0 Å². The third-order valence-electron chi connectivity index (χ3n) is 4.03. The molecule has 1 aliphatic carbocycles. The fourth-order valence-electron chi connectivity index (χ4n) is 2.64. The first-order valence-electron chi connectivity index (χ1n) is 6.81. The van der Waals surface area contributed by atoms with Gasteiger partial charge in [0, 0.05) is 6.54 Å². The molecule has 1 rings (SSSR count). The lowest BCUT2D eigenvalue weighted by molar-refractivity contribution is -0.117. The minimum absolute atomic E-state index is 0.0237. The normalized spacial score (nSPS) is 25.3. The summed E-state index contributed by atoms with van der Waals surface area (Å²) in [6.45, 7) is 9.77. The Labute approximate surface area is 101 Å². The van der Waals surface area contributed by atoms with Crippen molar-refractivity contribution in [1.29, 1.82) is 0 Å². The number of hydrogen-bond acceptors (Lipinski definition) is 2. The van der Waals surface area contributed by atoms with Crippen LogP contribution in [0.3, 0.4) is 0 Å². The van der Waals surface area contributed by atoms with E-state index in [1.807, 2.05) is 0 Å². The molecule has 2 N–H and O–H groups in total. The van der Waals surface area contributed by atoms with E-state index in [0.717, 1.165) is 19.3 Å². The molecule has 0 heterocycles. The summed E-state index contributed by atoms with van der Waals surface area (Å²) in [5.74, 6) is 0. The molecule has 1 atom stereocenters. The second-order valence-corrected chi connectivity index (χ2v) is 6.27. The molecule has 0 spiro atoms. The Morgan fingerprint density at radius 2 is 1.75 bits per heavy atom. The van der Waals surface area contributed by atoms with Crippen LogP contribution in [0.1, 0.15) is 66.2 Å². The lowest BCUT2D eigenvalue weighted by Crippen LogP contribution is -2.47. The second kappa shape index (κ2) is 5.50. The van der Waals surface area contributed by atoms with Gasteiger partial charge in [-0.05, 0) is 44.4 Å². The molecule has 0 amide bonds. The van der Waals surface area contributed by atoms with Crippen LogP contribution in [0.5, 0.6) is 0 Å². The Bertz CT molecular complexity index is 203. The predicted molar refractivity (Wildman–Crippen MR) is 69.5 cm³/mol. The highest BCUT2D eigenvalue weighted by atomic mass is 16.5. The van der Waals surface area contributed by atoms with Crippen molar-refractivity contribution in [2.45, 2.75) is 77.9 Å². The van der Waals surface area contributed by atoms with Gasteiger partial charge in [-0.1, -0.05) is 27.2 Å². The summed E-state index contributed by atoms with van der Waals surface area (Å²) in [4.78, 5) is 0. The van der Waals surface area contributed by atoms with Crippen molar-refractivity contribution in [1.82, 2.24) is 0 Å². The maximum atomic E-state index is 6.24. The Balaban J connectivity index is 2.52. The van der Waals surface area contributed by atoms with E-state index in [-0.39, 0.29) is 5.60 Å². The molecule has 0 bridgehead atoms. The topological polar surface area (TPSA) is 35.2 Å². The summed E-state index contributed by atoms with van der Waals surface area (Å²) in [7, 11) is 0. The second-order valence-electron chi connectivity index (χ2n) is 6.27. The highest BCUT2D eigenvalue weighted by molar-refractivity contribution is 4.91. The molecule has 16 heavy (non-hydrogen) atoms. The first-order valence-corrected chi connectivity index (χ1v) is 6.81. The van der Waals surface area contributed by atoms with E-state index < -0.39 is 0 Å². The SMILES string of the molecule is CCCC(C)OC1(CN)CCC(C)(C)CC1. The predicted octanol–water partition coefficient (Wildman–Crippen LogP) is 3.49. The molecule has 1 unspecified atom stereocenters. The van der Waals surface area contributed by atoms with Crippen LogP contribution in [-0.2, 0) is 4.74 Å². The van der Waals surface area contributed by atoms with Crippen molar-refractivity contribution >= 4 is 0 Å². The molecule has 96 valence electrons. The van der Waals surface area contributed by atoms with E-state index >= 15 is 0 Å². The molecule has 0 aliphatic heterocycles. The van der Waals surface area contributed by atoms with E-state index in [1.165, 1.54) is 19.3 Å². The third kappa shape index (κ3) is 3.74. The fourth-order valence-corrected chi connectivity index (χ4v) is 2.64. The lowest BCUT2D eigenvalue weighted by atomic mass is 9.71. The van der Waals surface area contributed by atoms with Gasteiger partial charge in [0.25, 0.3) is 0 Å². The quantitative estimate of drug-likeness (QED) is 0.780. The van der Waals surface area contributed by atoms with Gasteiger partial charge < -0.3 is 10.5 Å². The number of nitrogens with two attached hydrogens (primary N) is 1. The van der Waals surface area contributed by atoms with Crippen LogP contribution in [0.2, 0.25) is 0 Å². The van der Waals surface area contributed by atoms with E-state index in [1.54, 1.807) is 0 Å². The molecule has 0 aromatic carbocycles. The lowest BCUT2D eigenvalue weighted by Gasteiger charge is -2.44. The van der Waals surface area contributed by atoms with E-state index in [4.69, 9.17) is 10.5 Å². The number of ether oxygens (including phenoxy) is 1. The largest absolute Gasteiger partial charge is 0.371 e. The van der Waals surface area contributed by atoms with Crippen molar-refractivity contribution in [2.24, 2.45) is 11.1 Å². The maximum absolute atomic E-state index is 6.24. The smallest absolute Gasteiger partial charge is 0.0808 e. The van der Waals surface area contributed by atoms with Gasteiger partial charge in [-0.15, -0.1) is 0 Å². The summed E-state index contributed by atoms with van der Waals surface area (Å²) >= 11 is 0. The molecular weight excluding hydrogens is 198 g/mol. The van der Waals surface area contributed by atoms with Crippen LogP contribution in [0.4, 0.5) is 0 Å². The van der Waals surface area contributed by atoms with Crippen LogP contribution in [0.25, 0.3) is 0 Å².